The van der Waals surface area contributed by atoms with Crippen molar-refractivity contribution < 1.29 is 8.78 Å². The Morgan fingerprint density at radius 3 is 2.39 bits per heavy atom. The van der Waals surface area contributed by atoms with Gasteiger partial charge in [-0.3, -0.25) is 9.36 Å². The third-order valence-electron chi connectivity index (χ3n) is 2.33. The maximum Gasteiger partial charge on any atom is 0.274 e. The van der Waals surface area contributed by atoms with Crippen LogP contribution in [0.5, 0.6) is 0 Å². The Morgan fingerprint density at radius 2 is 1.83 bits per heavy atom. The Kier molecular flexibility index (Phi) is 3.13. The van der Waals surface area contributed by atoms with Crippen LogP contribution in [-0.2, 0) is 0 Å². The molecule has 3 nitrogen and oxygen atoms in total. The van der Waals surface area contributed by atoms with Gasteiger partial charge in [-0.05, 0) is 18.2 Å². The summed E-state index contributed by atoms with van der Waals surface area (Å²) >= 11 is 5.65. The Labute approximate surface area is 105 Å². The predicted molar refractivity (Wildman–Crippen MR) is 61.7 cm³/mol. The van der Waals surface area contributed by atoms with E-state index in [0.29, 0.717) is 0 Å². The Balaban J connectivity index is 2.82. The topological polar surface area (TPSA) is 45.8 Å². The van der Waals surface area contributed by atoms with Crippen LogP contribution in [0, 0.1) is 23.0 Å². The number of aromatic nitrogens is 1. The molecule has 1 aromatic carbocycles. The maximum atomic E-state index is 13.5. The van der Waals surface area contributed by atoms with Gasteiger partial charge in [0.1, 0.15) is 29.0 Å². The molecule has 0 spiro atoms. The van der Waals surface area contributed by atoms with Gasteiger partial charge in [0.25, 0.3) is 5.56 Å². The van der Waals surface area contributed by atoms with Crippen molar-refractivity contribution in [2.45, 2.75) is 0 Å². The highest BCUT2D eigenvalue weighted by Gasteiger charge is 2.15. The monoisotopic (exact) mass is 266 g/mol. The molecule has 2 rings (SSSR count). The molecule has 0 atom stereocenters. The minimum absolute atomic E-state index is 0.0597. The lowest BCUT2D eigenvalue weighted by molar-refractivity contribution is 0.566. The number of para-hydroxylation sites is 1. The summed E-state index contributed by atoms with van der Waals surface area (Å²) < 4.78 is 27.8. The van der Waals surface area contributed by atoms with E-state index in [0.717, 1.165) is 22.9 Å². The number of pyridine rings is 1. The zero-order chi connectivity index (χ0) is 13.3. The van der Waals surface area contributed by atoms with E-state index in [1.165, 1.54) is 12.1 Å². The van der Waals surface area contributed by atoms with E-state index in [1.807, 2.05) is 0 Å². The Morgan fingerprint density at radius 1 is 1.22 bits per heavy atom. The van der Waals surface area contributed by atoms with Gasteiger partial charge in [-0.25, -0.2) is 8.78 Å². The Bertz CT molecular complexity index is 699. The van der Waals surface area contributed by atoms with Crippen molar-refractivity contribution in [2.75, 3.05) is 0 Å². The lowest BCUT2D eigenvalue weighted by Crippen LogP contribution is -2.22. The number of nitriles is 1. The number of nitrogens with zero attached hydrogens (tertiary/aromatic N) is 2. The highest BCUT2D eigenvalue weighted by Crippen LogP contribution is 2.18. The molecule has 6 heteroatoms. The highest BCUT2D eigenvalue weighted by molar-refractivity contribution is 6.31. The second-order valence-corrected chi connectivity index (χ2v) is 3.80. The molecule has 1 aromatic heterocycles. The van der Waals surface area contributed by atoms with Crippen LogP contribution in [0.25, 0.3) is 5.69 Å². The molecule has 0 aliphatic heterocycles. The van der Waals surface area contributed by atoms with Gasteiger partial charge in [0.15, 0.2) is 0 Å². The lowest BCUT2D eigenvalue weighted by Gasteiger charge is -2.08. The minimum Gasteiger partial charge on any atom is -0.277 e. The summed E-state index contributed by atoms with van der Waals surface area (Å²) in [5.41, 5.74) is -1.76. The fourth-order valence-electron chi connectivity index (χ4n) is 1.51. The van der Waals surface area contributed by atoms with Gasteiger partial charge < -0.3 is 0 Å². The molecule has 0 saturated carbocycles. The van der Waals surface area contributed by atoms with Crippen molar-refractivity contribution in [1.29, 1.82) is 5.26 Å². The van der Waals surface area contributed by atoms with Gasteiger partial charge in [0.2, 0.25) is 0 Å². The van der Waals surface area contributed by atoms with Crippen molar-refractivity contribution >= 4 is 11.6 Å². The van der Waals surface area contributed by atoms with E-state index < -0.39 is 22.9 Å². The van der Waals surface area contributed by atoms with Crippen LogP contribution in [0.4, 0.5) is 8.78 Å². The van der Waals surface area contributed by atoms with E-state index in [1.54, 1.807) is 6.07 Å². The van der Waals surface area contributed by atoms with Crippen LogP contribution in [0.2, 0.25) is 5.02 Å². The molecular formula is C12H5ClF2N2O. The van der Waals surface area contributed by atoms with Crippen LogP contribution in [0.1, 0.15) is 5.56 Å². The first kappa shape index (κ1) is 12.3. The largest absolute Gasteiger partial charge is 0.277 e. The zero-order valence-corrected chi connectivity index (χ0v) is 9.58. The average molecular weight is 267 g/mol. The molecule has 2 aromatic rings. The van der Waals surface area contributed by atoms with Crippen LogP contribution >= 0.6 is 11.6 Å². The molecule has 18 heavy (non-hydrogen) atoms. The molecule has 0 N–H and O–H groups in total. The molecule has 0 saturated heterocycles. The first-order valence-corrected chi connectivity index (χ1v) is 5.19. The standard InChI is InChI=1S/C12H5ClF2N2O/c13-8-4-5-17(12(18)7(8)6-16)11-9(14)2-1-3-10(11)15/h1-5H. The number of hydrogen-bond acceptors (Lipinski definition) is 2. The summed E-state index contributed by atoms with van der Waals surface area (Å²) in [5.74, 6) is -1.80. The molecule has 90 valence electrons. The van der Waals surface area contributed by atoms with Gasteiger partial charge in [0.05, 0.1) is 5.02 Å². The third kappa shape index (κ3) is 1.87. The molecule has 0 amide bonds. The van der Waals surface area contributed by atoms with E-state index in [9.17, 15) is 13.6 Å². The first-order valence-electron chi connectivity index (χ1n) is 4.82. The van der Waals surface area contributed by atoms with E-state index >= 15 is 0 Å². The van der Waals surface area contributed by atoms with Gasteiger partial charge in [-0.15, -0.1) is 0 Å². The zero-order valence-electron chi connectivity index (χ0n) is 8.82. The fraction of sp³-hybridized carbons (Fsp3) is 0. The first-order chi connectivity index (χ1) is 8.56. The van der Waals surface area contributed by atoms with Crippen LogP contribution in [0.15, 0.2) is 35.3 Å². The summed E-state index contributed by atoms with van der Waals surface area (Å²) in [5, 5.41) is 8.71. The average Bonchev–Trinajstić information content (AvgIpc) is 2.32. The second kappa shape index (κ2) is 4.59. The highest BCUT2D eigenvalue weighted by atomic mass is 35.5. The molecular weight excluding hydrogens is 262 g/mol. The van der Waals surface area contributed by atoms with Gasteiger partial charge in [-0.1, -0.05) is 17.7 Å². The summed E-state index contributed by atoms with van der Waals surface area (Å²) in [6, 6.07) is 6.05. The lowest BCUT2D eigenvalue weighted by atomic mass is 10.2. The maximum absolute atomic E-state index is 13.5. The van der Waals surface area contributed by atoms with Crippen LogP contribution in [-0.4, -0.2) is 4.57 Å². The van der Waals surface area contributed by atoms with E-state index in [4.69, 9.17) is 16.9 Å². The smallest absolute Gasteiger partial charge is 0.274 e. The van der Waals surface area contributed by atoms with Crippen molar-refractivity contribution in [3.05, 3.63) is 63.0 Å². The van der Waals surface area contributed by atoms with Crippen LogP contribution < -0.4 is 5.56 Å². The molecule has 0 bridgehead atoms. The van der Waals surface area contributed by atoms with Gasteiger partial charge in [0, 0.05) is 6.20 Å². The molecule has 0 aliphatic carbocycles. The number of rotatable bonds is 1. The van der Waals surface area contributed by atoms with Crippen LogP contribution in [0.3, 0.4) is 0 Å². The molecule has 0 unspecified atom stereocenters. The van der Waals surface area contributed by atoms with Gasteiger partial charge >= 0.3 is 0 Å². The van der Waals surface area contributed by atoms with Crippen molar-refractivity contribution in [2.24, 2.45) is 0 Å². The summed E-state index contributed by atoms with van der Waals surface area (Å²) in [6.45, 7) is 0. The van der Waals surface area contributed by atoms with Gasteiger partial charge in [-0.2, -0.15) is 5.26 Å². The van der Waals surface area contributed by atoms with Crippen molar-refractivity contribution in [3.63, 3.8) is 0 Å². The number of halogens is 3. The second-order valence-electron chi connectivity index (χ2n) is 3.40. The molecule has 0 aliphatic rings. The van der Waals surface area contributed by atoms with E-state index in [2.05, 4.69) is 0 Å². The normalized spacial score (nSPS) is 10.1. The third-order valence-corrected chi connectivity index (χ3v) is 2.65. The summed E-state index contributed by atoms with van der Waals surface area (Å²) in [7, 11) is 0. The SMILES string of the molecule is N#Cc1c(Cl)ccn(-c2c(F)cccc2F)c1=O. The summed E-state index contributed by atoms with van der Waals surface area (Å²) in [6.07, 6.45) is 1.12. The van der Waals surface area contributed by atoms with E-state index in [-0.39, 0.29) is 10.6 Å². The Hall–Kier alpha value is -2.19. The number of hydrogen-bond donors (Lipinski definition) is 0. The quantitative estimate of drug-likeness (QED) is 0.796. The van der Waals surface area contributed by atoms with Crippen molar-refractivity contribution in [1.82, 2.24) is 4.57 Å². The summed E-state index contributed by atoms with van der Waals surface area (Å²) in [4.78, 5) is 11.8. The van der Waals surface area contributed by atoms with Crippen molar-refractivity contribution in [3.8, 4) is 11.8 Å². The molecule has 0 fully saturated rings. The fourth-order valence-corrected chi connectivity index (χ4v) is 1.69. The predicted octanol–water partition coefficient (Wildman–Crippen LogP) is 2.64. The molecule has 0 radical (unpaired) electrons. The minimum atomic E-state index is -0.900. The molecule has 1 heterocycles. The number of benzene rings is 1.